The average Bonchev–Trinajstić information content (AvgIpc) is 3.09. The SMILES string of the molecule is CC1Cc2c(nnn2-c2ncc(F)cn2)CN1C(=O)c1cccc(C(F)(F)F)c1Cl. The lowest BCUT2D eigenvalue weighted by Crippen LogP contribution is -2.43. The first-order valence-electron chi connectivity index (χ1n) is 8.75. The molecule has 1 aromatic carbocycles. The largest absolute Gasteiger partial charge is 0.417 e. The van der Waals surface area contributed by atoms with Crippen LogP contribution in [0.25, 0.3) is 5.95 Å². The third kappa shape index (κ3) is 3.49. The van der Waals surface area contributed by atoms with Crippen molar-refractivity contribution in [3.05, 3.63) is 63.9 Å². The highest BCUT2D eigenvalue weighted by molar-refractivity contribution is 6.34. The van der Waals surface area contributed by atoms with Gasteiger partial charge in [-0.15, -0.1) is 5.10 Å². The Bertz CT molecular complexity index is 1110. The predicted molar refractivity (Wildman–Crippen MR) is 96.4 cm³/mol. The van der Waals surface area contributed by atoms with Crippen LogP contribution in [0.2, 0.25) is 5.02 Å². The van der Waals surface area contributed by atoms with Crippen LogP contribution >= 0.6 is 11.6 Å². The minimum absolute atomic E-state index is 0.0170. The van der Waals surface area contributed by atoms with Crippen LogP contribution < -0.4 is 0 Å². The number of amides is 1. The molecule has 0 bridgehead atoms. The summed E-state index contributed by atoms with van der Waals surface area (Å²) in [5.74, 6) is -1.12. The van der Waals surface area contributed by atoms with Crippen LogP contribution in [-0.2, 0) is 19.1 Å². The van der Waals surface area contributed by atoms with Gasteiger partial charge in [0.2, 0.25) is 0 Å². The molecule has 1 aliphatic rings. The molecule has 1 unspecified atom stereocenters. The molecule has 0 N–H and O–H groups in total. The predicted octanol–water partition coefficient (Wildman–Crippen LogP) is 3.46. The molecule has 1 aliphatic heterocycles. The summed E-state index contributed by atoms with van der Waals surface area (Å²) in [5.41, 5.74) is -0.235. The molecule has 156 valence electrons. The highest BCUT2D eigenvalue weighted by atomic mass is 35.5. The number of benzene rings is 1. The lowest BCUT2D eigenvalue weighted by atomic mass is 10.0. The van der Waals surface area contributed by atoms with E-state index < -0.39 is 34.5 Å². The number of fused-ring (bicyclic) bond motifs is 1. The Labute approximate surface area is 172 Å². The molecule has 1 atom stereocenters. The molecule has 0 radical (unpaired) electrons. The molecule has 3 heterocycles. The first-order valence-corrected chi connectivity index (χ1v) is 9.12. The molecule has 30 heavy (non-hydrogen) atoms. The standard InChI is InChI=1S/C18H13ClF4N6O/c1-9-5-14-13(26-27-29(14)17-24-6-10(20)7-25-17)8-28(9)16(30)11-3-2-4-12(15(11)19)18(21,22)23/h2-4,6-7,9H,5,8H2,1H3. The van der Waals surface area contributed by atoms with Gasteiger partial charge in [0, 0.05) is 12.5 Å². The van der Waals surface area contributed by atoms with Crippen molar-refractivity contribution in [3.8, 4) is 5.95 Å². The summed E-state index contributed by atoms with van der Waals surface area (Å²) in [5, 5.41) is 7.35. The van der Waals surface area contributed by atoms with Crippen LogP contribution in [-0.4, -0.2) is 41.8 Å². The number of halogens is 5. The van der Waals surface area contributed by atoms with Crippen molar-refractivity contribution in [1.29, 1.82) is 0 Å². The summed E-state index contributed by atoms with van der Waals surface area (Å²) in [6.07, 6.45) is -2.39. The van der Waals surface area contributed by atoms with Gasteiger partial charge in [-0.3, -0.25) is 4.79 Å². The van der Waals surface area contributed by atoms with Gasteiger partial charge in [0.05, 0.1) is 40.8 Å². The molecule has 0 saturated heterocycles. The summed E-state index contributed by atoms with van der Waals surface area (Å²) in [4.78, 5) is 22.1. The summed E-state index contributed by atoms with van der Waals surface area (Å²) >= 11 is 5.91. The van der Waals surface area contributed by atoms with Crippen LogP contribution in [0.1, 0.15) is 34.2 Å². The van der Waals surface area contributed by atoms with Crippen LogP contribution in [0, 0.1) is 5.82 Å². The fourth-order valence-corrected chi connectivity index (χ4v) is 3.60. The quantitative estimate of drug-likeness (QED) is 0.570. The van der Waals surface area contributed by atoms with Gasteiger partial charge in [-0.1, -0.05) is 22.9 Å². The Morgan fingerprint density at radius 3 is 2.60 bits per heavy atom. The highest BCUT2D eigenvalue weighted by Gasteiger charge is 2.37. The van der Waals surface area contributed by atoms with Gasteiger partial charge < -0.3 is 4.90 Å². The van der Waals surface area contributed by atoms with Crippen molar-refractivity contribution in [3.63, 3.8) is 0 Å². The molecule has 7 nitrogen and oxygen atoms in total. The molecule has 1 amide bonds. The molecule has 12 heteroatoms. The van der Waals surface area contributed by atoms with E-state index in [1.807, 2.05) is 0 Å². The second-order valence-corrected chi connectivity index (χ2v) is 7.12. The summed E-state index contributed by atoms with van der Waals surface area (Å²) in [7, 11) is 0. The average molecular weight is 441 g/mol. The lowest BCUT2D eigenvalue weighted by molar-refractivity contribution is -0.137. The molecule has 4 rings (SSSR count). The maximum atomic E-state index is 13.1. The smallest absolute Gasteiger partial charge is 0.329 e. The monoisotopic (exact) mass is 440 g/mol. The molecular weight excluding hydrogens is 428 g/mol. The number of alkyl halides is 3. The number of rotatable bonds is 2. The maximum Gasteiger partial charge on any atom is 0.417 e. The number of carbonyl (C=O) groups excluding carboxylic acids is 1. The second-order valence-electron chi connectivity index (χ2n) is 6.75. The maximum absolute atomic E-state index is 13.1. The van der Waals surface area contributed by atoms with Crippen LogP contribution in [0.3, 0.4) is 0 Å². The van der Waals surface area contributed by atoms with Crippen LogP contribution in [0.5, 0.6) is 0 Å². The number of hydrogen-bond donors (Lipinski definition) is 0. The molecule has 0 saturated carbocycles. The van der Waals surface area contributed by atoms with Gasteiger partial charge >= 0.3 is 6.18 Å². The minimum atomic E-state index is -4.67. The van der Waals surface area contributed by atoms with E-state index in [0.29, 0.717) is 17.8 Å². The van der Waals surface area contributed by atoms with Crippen molar-refractivity contribution < 1.29 is 22.4 Å². The second kappa shape index (κ2) is 7.31. The van der Waals surface area contributed by atoms with E-state index >= 15 is 0 Å². The van der Waals surface area contributed by atoms with Crippen molar-refractivity contribution in [1.82, 2.24) is 29.9 Å². The zero-order valence-corrected chi connectivity index (χ0v) is 16.1. The van der Waals surface area contributed by atoms with E-state index in [4.69, 9.17) is 11.6 Å². The molecular formula is C18H13ClF4N6O. The topological polar surface area (TPSA) is 76.8 Å². The summed E-state index contributed by atoms with van der Waals surface area (Å²) in [6, 6.07) is 2.83. The van der Waals surface area contributed by atoms with E-state index in [-0.39, 0.29) is 18.1 Å². The summed E-state index contributed by atoms with van der Waals surface area (Å²) < 4.78 is 53.8. The van der Waals surface area contributed by atoms with Crippen molar-refractivity contribution >= 4 is 17.5 Å². The lowest BCUT2D eigenvalue weighted by Gasteiger charge is -2.33. The van der Waals surface area contributed by atoms with E-state index in [2.05, 4.69) is 20.3 Å². The number of carbonyl (C=O) groups is 1. The number of nitrogens with zero attached hydrogens (tertiary/aromatic N) is 6. The van der Waals surface area contributed by atoms with E-state index in [1.165, 1.54) is 15.6 Å². The van der Waals surface area contributed by atoms with Gasteiger partial charge in [-0.2, -0.15) is 17.9 Å². The normalized spacial score (nSPS) is 16.5. The van der Waals surface area contributed by atoms with Crippen LogP contribution in [0.15, 0.2) is 30.6 Å². The zero-order valence-electron chi connectivity index (χ0n) is 15.4. The zero-order chi connectivity index (χ0) is 21.6. The van der Waals surface area contributed by atoms with Gasteiger partial charge in [0.25, 0.3) is 11.9 Å². The van der Waals surface area contributed by atoms with Gasteiger partial charge in [-0.25, -0.2) is 14.4 Å². The van der Waals surface area contributed by atoms with Gasteiger partial charge in [-0.05, 0) is 19.1 Å². The first-order chi connectivity index (χ1) is 14.2. The Kier molecular flexibility index (Phi) is 4.92. The molecule has 0 fully saturated rings. The van der Waals surface area contributed by atoms with Crippen LogP contribution in [0.4, 0.5) is 17.6 Å². The number of aromatic nitrogens is 5. The minimum Gasteiger partial charge on any atom is -0.329 e. The Morgan fingerprint density at radius 2 is 1.93 bits per heavy atom. The van der Waals surface area contributed by atoms with Gasteiger partial charge in [0.1, 0.15) is 5.69 Å². The van der Waals surface area contributed by atoms with E-state index in [9.17, 15) is 22.4 Å². The Hall–Kier alpha value is -3.08. The van der Waals surface area contributed by atoms with Crippen molar-refractivity contribution in [2.24, 2.45) is 0 Å². The van der Waals surface area contributed by atoms with Gasteiger partial charge in [0.15, 0.2) is 5.82 Å². The molecule has 0 aliphatic carbocycles. The highest BCUT2D eigenvalue weighted by Crippen LogP contribution is 2.37. The fourth-order valence-electron chi connectivity index (χ4n) is 3.29. The number of hydrogen-bond acceptors (Lipinski definition) is 5. The van der Waals surface area contributed by atoms with Crippen molar-refractivity contribution in [2.45, 2.75) is 32.1 Å². The van der Waals surface area contributed by atoms with E-state index in [1.54, 1.807) is 6.92 Å². The summed E-state index contributed by atoms with van der Waals surface area (Å²) in [6.45, 7) is 1.76. The third-order valence-corrected chi connectivity index (χ3v) is 5.18. The third-order valence-electron chi connectivity index (χ3n) is 4.78. The van der Waals surface area contributed by atoms with Crippen molar-refractivity contribution in [2.75, 3.05) is 0 Å². The van der Waals surface area contributed by atoms with E-state index in [0.717, 1.165) is 24.5 Å². The molecule has 0 spiro atoms. The Balaban J connectivity index is 1.65. The Morgan fingerprint density at radius 1 is 1.23 bits per heavy atom. The molecule has 3 aromatic rings. The fraction of sp³-hybridized carbons (Fsp3) is 0.278. The molecule has 2 aromatic heterocycles. The first kappa shape index (κ1) is 20.2.